The second-order valence-electron chi connectivity index (χ2n) is 3.75. The van der Waals surface area contributed by atoms with Gasteiger partial charge in [0.2, 0.25) is 0 Å². The molecule has 0 fully saturated rings. The van der Waals surface area contributed by atoms with Crippen molar-refractivity contribution in [2.24, 2.45) is 0 Å². The van der Waals surface area contributed by atoms with Gasteiger partial charge >= 0.3 is 0 Å². The number of ether oxygens (including phenoxy) is 3. The zero-order chi connectivity index (χ0) is 13.2. The minimum Gasteiger partial charge on any atom is -0.502 e. The molecule has 18 heavy (non-hydrogen) atoms. The van der Waals surface area contributed by atoms with Crippen LogP contribution in [0.2, 0.25) is 0 Å². The molecule has 4 nitrogen and oxygen atoms in total. The summed E-state index contributed by atoms with van der Waals surface area (Å²) in [6.45, 7) is 5.84. The molecule has 0 saturated carbocycles. The number of hydrogen-bond acceptors (Lipinski definition) is 4. The highest BCUT2D eigenvalue weighted by molar-refractivity contribution is 5.40. The van der Waals surface area contributed by atoms with Gasteiger partial charge in [-0.05, 0) is 19.0 Å². The van der Waals surface area contributed by atoms with Crippen LogP contribution in [0.15, 0.2) is 31.0 Å². The molecule has 0 amide bonds. The quantitative estimate of drug-likeness (QED) is 0.540. The zero-order valence-corrected chi connectivity index (χ0v) is 11.1. The Morgan fingerprint density at radius 2 is 2.11 bits per heavy atom. The van der Waals surface area contributed by atoms with Crippen LogP contribution in [-0.2, 0) is 11.3 Å². The van der Waals surface area contributed by atoms with E-state index in [2.05, 4.69) is 11.9 Å². The molecule has 0 atom stereocenters. The maximum absolute atomic E-state index is 5.33. The van der Waals surface area contributed by atoms with Gasteiger partial charge in [-0.1, -0.05) is 12.6 Å². The molecular weight excluding hydrogens is 230 g/mol. The van der Waals surface area contributed by atoms with Gasteiger partial charge in [-0.2, -0.15) is 0 Å². The van der Waals surface area contributed by atoms with Gasteiger partial charge in [0.1, 0.15) is 11.5 Å². The van der Waals surface area contributed by atoms with Gasteiger partial charge in [0.15, 0.2) is 0 Å². The maximum atomic E-state index is 5.33. The van der Waals surface area contributed by atoms with Crippen molar-refractivity contribution in [3.05, 3.63) is 36.6 Å². The predicted molar refractivity (Wildman–Crippen MR) is 72.0 cm³/mol. The van der Waals surface area contributed by atoms with Crippen LogP contribution in [0.4, 0.5) is 0 Å². The molecule has 100 valence electrons. The third-order valence-corrected chi connectivity index (χ3v) is 2.54. The highest BCUT2D eigenvalue weighted by Crippen LogP contribution is 2.24. The van der Waals surface area contributed by atoms with Crippen LogP contribution >= 0.6 is 0 Å². The zero-order valence-electron chi connectivity index (χ0n) is 11.1. The monoisotopic (exact) mass is 251 g/mol. The van der Waals surface area contributed by atoms with E-state index < -0.39 is 0 Å². The Kier molecular flexibility index (Phi) is 6.72. The van der Waals surface area contributed by atoms with E-state index in [-0.39, 0.29) is 0 Å². The molecule has 0 bridgehead atoms. The predicted octanol–water partition coefficient (Wildman–Crippen LogP) is 2.34. The Bertz CT molecular complexity index is 366. The summed E-state index contributed by atoms with van der Waals surface area (Å²) in [6.07, 6.45) is 2.41. The Labute approximate surface area is 109 Å². The third-order valence-electron chi connectivity index (χ3n) is 2.54. The lowest BCUT2D eigenvalue weighted by molar-refractivity contribution is 0.244. The van der Waals surface area contributed by atoms with Crippen molar-refractivity contribution < 1.29 is 14.2 Å². The summed E-state index contributed by atoms with van der Waals surface area (Å²) in [4.78, 5) is 0. The number of rotatable bonds is 9. The van der Waals surface area contributed by atoms with Crippen LogP contribution in [0.3, 0.4) is 0 Å². The number of nitrogens with one attached hydrogen (secondary N) is 1. The lowest BCUT2D eigenvalue weighted by atomic mass is 10.2. The van der Waals surface area contributed by atoms with Crippen LogP contribution in [0.5, 0.6) is 11.5 Å². The van der Waals surface area contributed by atoms with Crippen molar-refractivity contribution in [3.8, 4) is 11.5 Å². The Morgan fingerprint density at radius 3 is 2.78 bits per heavy atom. The molecule has 0 radical (unpaired) electrons. The molecule has 1 N–H and O–H groups in total. The molecule has 0 heterocycles. The molecule has 0 unspecified atom stereocenters. The summed E-state index contributed by atoms with van der Waals surface area (Å²) in [5.41, 5.74) is 1.11. The van der Waals surface area contributed by atoms with Gasteiger partial charge in [0, 0.05) is 18.2 Å². The SMILES string of the molecule is C=COCCCNCc1ccc(OC)cc1OC. The summed E-state index contributed by atoms with van der Waals surface area (Å²) in [5, 5.41) is 3.34. The van der Waals surface area contributed by atoms with Crippen LogP contribution < -0.4 is 14.8 Å². The van der Waals surface area contributed by atoms with E-state index in [1.807, 2.05) is 18.2 Å². The molecular formula is C14H21NO3. The molecule has 0 aliphatic rings. The molecule has 1 aromatic carbocycles. The summed E-state index contributed by atoms with van der Waals surface area (Å²) in [5.74, 6) is 1.64. The van der Waals surface area contributed by atoms with Gasteiger partial charge in [-0.15, -0.1) is 0 Å². The largest absolute Gasteiger partial charge is 0.502 e. The fraction of sp³-hybridized carbons (Fsp3) is 0.429. The molecule has 0 aromatic heterocycles. The first kappa shape index (κ1) is 14.4. The average molecular weight is 251 g/mol. The first-order valence-electron chi connectivity index (χ1n) is 5.96. The fourth-order valence-corrected chi connectivity index (χ4v) is 1.58. The van der Waals surface area contributed by atoms with Gasteiger partial charge < -0.3 is 19.5 Å². The standard InChI is InChI=1S/C14H21NO3/c1-4-18-9-5-8-15-11-12-6-7-13(16-2)10-14(12)17-3/h4,6-7,10,15H,1,5,8-9,11H2,2-3H3. The summed E-state index contributed by atoms with van der Waals surface area (Å²) < 4.78 is 15.5. The van der Waals surface area contributed by atoms with E-state index in [0.29, 0.717) is 6.61 Å². The van der Waals surface area contributed by atoms with Crippen LogP contribution in [0.1, 0.15) is 12.0 Å². The van der Waals surface area contributed by atoms with Crippen molar-refractivity contribution in [2.75, 3.05) is 27.4 Å². The van der Waals surface area contributed by atoms with Crippen LogP contribution in [0.25, 0.3) is 0 Å². The maximum Gasteiger partial charge on any atom is 0.127 e. The third kappa shape index (κ3) is 4.67. The van der Waals surface area contributed by atoms with Crippen molar-refractivity contribution in [1.82, 2.24) is 5.32 Å². The Morgan fingerprint density at radius 1 is 1.28 bits per heavy atom. The molecule has 0 aliphatic carbocycles. The molecule has 1 rings (SSSR count). The van der Waals surface area contributed by atoms with Crippen molar-refractivity contribution in [1.29, 1.82) is 0 Å². The van der Waals surface area contributed by atoms with E-state index in [1.165, 1.54) is 6.26 Å². The lowest BCUT2D eigenvalue weighted by Crippen LogP contribution is -2.16. The highest BCUT2D eigenvalue weighted by Gasteiger charge is 2.04. The molecule has 0 aliphatic heterocycles. The number of methoxy groups -OCH3 is 2. The topological polar surface area (TPSA) is 39.7 Å². The van der Waals surface area contributed by atoms with Crippen molar-refractivity contribution in [3.63, 3.8) is 0 Å². The highest BCUT2D eigenvalue weighted by atomic mass is 16.5. The first-order valence-corrected chi connectivity index (χ1v) is 5.96. The van der Waals surface area contributed by atoms with Gasteiger partial charge in [0.25, 0.3) is 0 Å². The molecule has 1 aromatic rings. The Hall–Kier alpha value is -1.68. The summed E-state index contributed by atoms with van der Waals surface area (Å²) in [6, 6.07) is 5.82. The van der Waals surface area contributed by atoms with E-state index >= 15 is 0 Å². The Balaban J connectivity index is 2.39. The summed E-state index contributed by atoms with van der Waals surface area (Å²) in [7, 11) is 3.31. The van der Waals surface area contributed by atoms with E-state index in [0.717, 1.165) is 36.6 Å². The normalized spacial score (nSPS) is 9.89. The second kappa shape index (κ2) is 8.42. The van der Waals surface area contributed by atoms with Crippen molar-refractivity contribution in [2.45, 2.75) is 13.0 Å². The van der Waals surface area contributed by atoms with E-state index in [9.17, 15) is 0 Å². The van der Waals surface area contributed by atoms with E-state index in [1.54, 1.807) is 14.2 Å². The molecule has 0 saturated heterocycles. The number of hydrogen-bond donors (Lipinski definition) is 1. The average Bonchev–Trinajstić information content (AvgIpc) is 2.42. The van der Waals surface area contributed by atoms with E-state index in [4.69, 9.17) is 14.2 Å². The minimum atomic E-state index is 0.691. The van der Waals surface area contributed by atoms with Crippen LogP contribution in [-0.4, -0.2) is 27.4 Å². The molecule has 4 heteroatoms. The second-order valence-corrected chi connectivity index (χ2v) is 3.75. The lowest BCUT2D eigenvalue weighted by Gasteiger charge is -2.11. The summed E-state index contributed by atoms with van der Waals surface area (Å²) >= 11 is 0. The van der Waals surface area contributed by atoms with Gasteiger partial charge in [-0.3, -0.25) is 0 Å². The van der Waals surface area contributed by atoms with Crippen molar-refractivity contribution >= 4 is 0 Å². The molecule has 0 spiro atoms. The van der Waals surface area contributed by atoms with Crippen LogP contribution in [0, 0.1) is 0 Å². The fourth-order valence-electron chi connectivity index (χ4n) is 1.58. The van der Waals surface area contributed by atoms with Gasteiger partial charge in [0.05, 0.1) is 27.1 Å². The first-order chi connectivity index (χ1) is 8.81. The smallest absolute Gasteiger partial charge is 0.127 e. The van der Waals surface area contributed by atoms with Gasteiger partial charge in [-0.25, -0.2) is 0 Å². The minimum absolute atomic E-state index is 0.691. The number of benzene rings is 1.